The average molecular weight is 380 g/mol. The van der Waals surface area contributed by atoms with Crippen molar-refractivity contribution in [1.82, 2.24) is 15.2 Å². The molecule has 0 radical (unpaired) electrons. The van der Waals surface area contributed by atoms with Crippen molar-refractivity contribution in [2.45, 2.75) is 12.1 Å². The molecule has 0 spiro atoms. The van der Waals surface area contributed by atoms with E-state index >= 15 is 0 Å². The molecule has 0 amide bonds. The third-order valence-electron chi connectivity index (χ3n) is 5.25. The molecule has 1 aliphatic heterocycles. The fraction of sp³-hybridized carbons (Fsp3) is 0.115. The highest BCUT2D eigenvalue weighted by Crippen LogP contribution is 2.45. The summed E-state index contributed by atoms with van der Waals surface area (Å²) in [4.78, 5) is 7.09. The van der Waals surface area contributed by atoms with Crippen LogP contribution in [-0.2, 0) is 5.66 Å². The molecule has 3 heteroatoms. The highest BCUT2D eigenvalue weighted by molar-refractivity contribution is 5.92. The van der Waals surface area contributed by atoms with Crippen LogP contribution in [0.2, 0.25) is 0 Å². The lowest BCUT2D eigenvalue weighted by molar-refractivity contribution is 0.165. The second-order valence-electron chi connectivity index (χ2n) is 7.05. The zero-order chi connectivity index (χ0) is 20.1. The summed E-state index contributed by atoms with van der Waals surface area (Å²) < 4.78 is 0. The summed E-state index contributed by atoms with van der Waals surface area (Å²) in [5.74, 6) is 0. The maximum Gasteiger partial charge on any atom is 0.158 e. The Morgan fingerprint density at radius 1 is 0.828 bits per heavy atom. The molecule has 4 rings (SSSR count). The zero-order valence-corrected chi connectivity index (χ0v) is 16.5. The monoisotopic (exact) mass is 379 g/mol. The number of hydrogen-bond donors (Lipinski definition) is 1. The van der Waals surface area contributed by atoms with Crippen LogP contribution in [0.15, 0.2) is 110 Å². The predicted molar refractivity (Wildman–Crippen MR) is 120 cm³/mol. The summed E-state index contributed by atoms with van der Waals surface area (Å²) in [6.07, 6.45) is 6.44. The van der Waals surface area contributed by atoms with E-state index in [1.54, 1.807) is 0 Å². The minimum atomic E-state index is -0.534. The molecule has 3 nitrogen and oxygen atoms in total. The Morgan fingerprint density at radius 2 is 1.48 bits per heavy atom. The maximum atomic E-state index is 4.73. The lowest BCUT2D eigenvalue weighted by Crippen LogP contribution is -2.50. The Bertz CT molecular complexity index is 1010. The first-order valence-electron chi connectivity index (χ1n) is 9.84. The maximum absolute atomic E-state index is 4.73. The highest BCUT2D eigenvalue weighted by atomic mass is 15.4. The van der Waals surface area contributed by atoms with Crippen LogP contribution in [-0.4, -0.2) is 16.4 Å². The molecule has 0 bridgehead atoms. The van der Waals surface area contributed by atoms with Crippen molar-refractivity contribution in [2.75, 3.05) is 6.54 Å². The van der Waals surface area contributed by atoms with Crippen LogP contribution < -0.4 is 5.32 Å². The van der Waals surface area contributed by atoms with Crippen LogP contribution in [0.3, 0.4) is 0 Å². The van der Waals surface area contributed by atoms with Crippen molar-refractivity contribution in [2.24, 2.45) is 0 Å². The molecule has 0 aliphatic carbocycles. The topological polar surface area (TPSA) is 28.2 Å². The number of hydrogen-bond acceptors (Lipinski definition) is 3. The van der Waals surface area contributed by atoms with Crippen molar-refractivity contribution in [3.8, 4) is 0 Å². The van der Waals surface area contributed by atoms with Gasteiger partial charge in [0.15, 0.2) is 5.66 Å². The van der Waals surface area contributed by atoms with Gasteiger partial charge in [0.25, 0.3) is 0 Å². The first kappa shape index (κ1) is 18.8. The van der Waals surface area contributed by atoms with Gasteiger partial charge >= 0.3 is 0 Å². The van der Waals surface area contributed by atoms with E-state index in [4.69, 9.17) is 4.98 Å². The number of rotatable bonds is 7. The Kier molecular flexibility index (Phi) is 5.30. The lowest BCUT2D eigenvalue weighted by Gasteiger charge is -2.40. The number of pyridine rings is 1. The fourth-order valence-electron chi connectivity index (χ4n) is 4.03. The third-order valence-corrected chi connectivity index (χ3v) is 5.25. The van der Waals surface area contributed by atoms with E-state index in [1.165, 1.54) is 0 Å². The van der Waals surface area contributed by atoms with E-state index in [0.29, 0.717) is 13.0 Å². The molecule has 1 aliphatic rings. The molecule has 1 atom stereocenters. The number of nitrogens with zero attached hydrogens (tertiary/aromatic N) is 2. The van der Waals surface area contributed by atoms with E-state index in [-0.39, 0.29) is 0 Å². The zero-order valence-electron chi connectivity index (χ0n) is 16.5. The highest BCUT2D eigenvalue weighted by Gasteiger charge is 2.46. The molecule has 144 valence electrons. The van der Waals surface area contributed by atoms with Gasteiger partial charge in [-0.2, -0.15) is 0 Å². The first-order valence-corrected chi connectivity index (χ1v) is 9.84. The van der Waals surface area contributed by atoms with E-state index in [0.717, 1.165) is 28.2 Å². The smallest absolute Gasteiger partial charge is 0.158 e. The van der Waals surface area contributed by atoms with Crippen LogP contribution >= 0.6 is 0 Å². The van der Waals surface area contributed by atoms with Crippen molar-refractivity contribution in [3.05, 3.63) is 127 Å². The van der Waals surface area contributed by atoms with E-state index in [9.17, 15) is 0 Å². The van der Waals surface area contributed by atoms with Gasteiger partial charge in [0.2, 0.25) is 0 Å². The quantitative estimate of drug-likeness (QED) is 0.555. The van der Waals surface area contributed by atoms with Crippen molar-refractivity contribution in [1.29, 1.82) is 0 Å². The van der Waals surface area contributed by atoms with E-state index in [1.807, 2.05) is 42.6 Å². The predicted octanol–water partition coefficient (Wildman–Crippen LogP) is 5.43. The molecule has 1 unspecified atom stereocenters. The van der Waals surface area contributed by atoms with Crippen molar-refractivity contribution >= 4 is 11.4 Å². The van der Waals surface area contributed by atoms with Gasteiger partial charge in [-0.1, -0.05) is 78.9 Å². The van der Waals surface area contributed by atoms with Gasteiger partial charge in [-0.05, 0) is 17.7 Å². The molecule has 2 aromatic carbocycles. The standard InChI is InChI=1S/C26H25N3/c1-3-18-26(23-17-11-12-19-27-23)28-24(21-13-7-5-8-14-21)25(29(26)20-4-2)22-15-9-6-10-16-22/h3-17,19,28H,1-2,18,20H2. The largest absolute Gasteiger partial charge is 0.355 e. The number of aromatic nitrogens is 1. The minimum absolute atomic E-state index is 0.534. The van der Waals surface area contributed by atoms with Gasteiger partial charge < -0.3 is 10.2 Å². The Labute approximate surface area is 172 Å². The second-order valence-corrected chi connectivity index (χ2v) is 7.05. The molecule has 3 aromatic rings. The van der Waals surface area contributed by atoms with Crippen LogP contribution in [0, 0.1) is 0 Å². The molecule has 1 aromatic heterocycles. The van der Waals surface area contributed by atoms with Gasteiger partial charge in [-0.25, -0.2) is 0 Å². The summed E-state index contributed by atoms with van der Waals surface area (Å²) in [7, 11) is 0. The van der Waals surface area contributed by atoms with Crippen LogP contribution in [0.5, 0.6) is 0 Å². The van der Waals surface area contributed by atoms with Gasteiger partial charge in [0.1, 0.15) is 0 Å². The van der Waals surface area contributed by atoms with Crippen LogP contribution in [0.4, 0.5) is 0 Å². The lowest BCUT2D eigenvalue weighted by atomic mass is 9.98. The minimum Gasteiger partial charge on any atom is -0.355 e. The van der Waals surface area contributed by atoms with Crippen molar-refractivity contribution < 1.29 is 0 Å². The van der Waals surface area contributed by atoms with Gasteiger partial charge in [-0.3, -0.25) is 4.98 Å². The second kappa shape index (κ2) is 8.19. The van der Waals surface area contributed by atoms with Gasteiger partial charge in [0.05, 0.1) is 17.1 Å². The number of benzene rings is 2. The summed E-state index contributed by atoms with van der Waals surface area (Å²) in [6.45, 7) is 8.76. The third kappa shape index (κ3) is 3.36. The summed E-state index contributed by atoms with van der Waals surface area (Å²) >= 11 is 0. The fourth-order valence-corrected chi connectivity index (χ4v) is 4.03. The molecule has 0 fully saturated rings. The first-order chi connectivity index (χ1) is 14.3. The molecular formula is C26H25N3. The van der Waals surface area contributed by atoms with Crippen LogP contribution in [0.25, 0.3) is 11.4 Å². The Morgan fingerprint density at radius 3 is 2.07 bits per heavy atom. The van der Waals surface area contributed by atoms with Crippen LogP contribution in [0.1, 0.15) is 23.2 Å². The normalized spacial score (nSPS) is 18.4. The summed E-state index contributed by atoms with van der Waals surface area (Å²) in [6, 6.07) is 27.0. The molecule has 29 heavy (non-hydrogen) atoms. The van der Waals surface area contributed by atoms with Crippen molar-refractivity contribution in [3.63, 3.8) is 0 Å². The summed E-state index contributed by atoms with van der Waals surface area (Å²) in [5.41, 5.74) is 4.95. The molecule has 0 saturated carbocycles. The molecular weight excluding hydrogens is 354 g/mol. The Hall–Kier alpha value is -3.59. The molecule has 0 saturated heterocycles. The summed E-state index contributed by atoms with van der Waals surface area (Å²) in [5, 5.41) is 3.85. The molecule has 1 N–H and O–H groups in total. The average Bonchev–Trinajstić information content (AvgIpc) is 3.11. The van der Waals surface area contributed by atoms with E-state index < -0.39 is 5.66 Å². The molecule has 2 heterocycles. The van der Waals surface area contributed by atoms with E-state index in [2.05, 4.69) is 78.0 Å². The Balaban J connectivity index is 1.98. The SMILES string of the molecule is C=CCN1C(c2ccccc2)=C(c2ccccc2)NC1(CC=C)c1ccccn1. The van der Waals surface area contributed by atoms with Gasteiger partial charge in [-0.15, -0.1) is 13.2 Å². The number of nitrogens with one attached hydrogen (secondary N) is 1. The van der Waals surface area contributed by atoms with Gasteiger partial charge in [0, 0.05) is 24.7 Å².